The minimum absolute atomic E-state index is 0.0884. The van der Waals surface area contributed by atoms with Crippen molar-refractivity contribution in [1.29, 1.82) is 0 Å². The van der Waals surface area contributed by atoms with Gasteiger partial charge in [0.2, 0.25) is 5.56 Å². The Hall–Kier alpha value is -3.07. The maximum atomic E-state index is 14.4. The Morgan fingerprint density at radius 1 is 1.21 bits per heavy atom. The number of fused-ring (bicyclic) bond motifs is 2. The summed E-state index contributed by atoms with van der Waals surface area (Å²) in [5.41, 5.74) is -2.65. The number of H-pyrrole nitrogens is 1. The lowest BCUT2D eigenvalue weighted by Gasteiger charge is -2.46. The number of hydrogen-bond donors (Lipinski definition) is 4. The first-order chi connectivity index (χ1) is 15.9. The van der Waals surface area contributed by atoms with Crippen LogP contribution in [-0.2, 0) is 0 Å². The monoisotopic (exact) mass is 478 g/mol. The van der Waals surface area contributed by atoms with Gasteiger partial charge in [-0.25, -0.2) is 4.39 Å². The number of phenols is 1. The molecule has 0 aliphatic heterocycles. The highest BCUT2D eigenvalue weighted by Gasteiger charge is 2.62. The molecule has 2 aromatic carbocycles. The van der Waals surface area contributed by atoms with Gasteiger partial charge >= 0.3 is 6.18 Å². The molecule has 3 atom stereocenters. The van der Waals surface area contributed by atoms with E-state index in [1.54, 1.807) is 19.1 Å². The van der Waals surface area contributed by atoms with E-state index >= 15 is 0 Å². The highest BCUT2D eigenvalue weighted by atomic mass is 19.4. The minimum Gasteiger partial charge on any atom is -0.508 e. The molecule has 1 aromatic heterocycles. The fraction of sp³-hybridized carbons (Fsp3) is 0.400. The van der Waals surface area contributed by atoms with E-state index in [0.717, 1.165) is 12.1 Å². The Labute approximate surface area is 193 Å². The predicted molar refractivity (Wildman–Crippen MR) is 122 cm³/mol. The van der Waals surface area contributed by atoms with Gasteiger partial charge in [0.1, 0.15) is 11.6 Å². The summed E-state index contributed by atoms with van der Waals surface area (Å²) in [6, 6.07) is 6.22. The molecule has 4 rings (SSSR count). The maximum absolute atomic E-state index is 14.4. The van der Waals surface area contributed by atoms with Crippen molar-refractivity contribution in [2.75, 3.05) is 5.32 Å². The first-order valence-corrected chi connectivity index (χ1v) is 11.1. The second kappa shape index (κ2) is 8.30. The zero-order valence-electron chi connectivity index (χ0n) is 18.9. The third-order valence-corrected chi connectivity index (χ3v) is 6.76. The van der Waals surface area contributed by atoms with Gasteiger partial charge in [-0.2, -0.15) is 13.2 Å². The van der Waals surface area contributed by atoms with Crippen molar-refractivity contribution in [3.05, 3.63) is 69.3 Å². The molecule has 182 valence electrons. The molecule has 4 N–H and O–H groups in total. The highest BCUT2D eigenvalue weighted by Crippen LogP contribution is 2.55. The number of aromatic nitrogens is 1. The quantitative estimate of drug-likeness (QED) is 0.355. The van der Waals surface area contributed by atoms with Gasteiger partial charge in [0.15, 0.2) is 5.60 Å². The summed E-state index contributed by atoms with van der Waals surface area (Å²) < 4.78 is 57.6. The number of hydrogen-bond acceptors (Lipinski definition) is 4. The Bertz CT molecular complexity index is 1300. The molecular formula is C25H26F4N2O3. The molecule has 0 unspecified atom stereocenters. The summed E-state index contributed by atoms with van der Waals surface area (Å²) in [6.07, 6.45) is -5.36. The number of nitrogens with one attached hydrogen (secondary N) is 2. The molecule has 1 heterocycles. The summed E-state index contributed by atoms with van der Waals surface area (Å²) in [4.78, 5) is 14.0. The molecule has 0 radical (unpaired) electrons. The Balaban J connectivity index is 1.98. The van der Waals surface area contributed by atoms with Gasteiger partial charge in [-0.3, -0.25) is 4.79 Å². The average molecular weight is 478 g/mol. The van der Waals surface area contributed by atoms with E-state index in [1.165, 1.54) is 12.1 Å². The van der Waals surface area contributed by atoms with E-state index in [1.807, 2.05) is 13.8 Å². The number of phenolic OH excluding ortho intramolecular Hbond substituents is 1. The third-order valence-electron chi connectivity index (χ3n) is 6.76. The maximum Gasteiger partial charge on any atom is 0.419 e. The van der Waals surface area contributed by atoms with Crippen LogP contribution in [0.1, 0.15) is 68.2 Å². The van der Waals surface area contributed by atoms with Crippen LogP contribution in [0, 0.1) is 5.82 Å². The Morgan fingerprint density at radius 2 is 1.91 bits per heavy atom. The van der Waals surface area contributed by atoms with E-state index in [0.29, 0.717) is 11.1 Å². The minimum atomic E-state index is -5.00. The van der Waals surface area contributed by atoms with Gasteiger partial charge in [-0.05, 0) is 60.1 Å². The van der Waals surface area contributed by atoms with E-state index in [2.05, 4.69) is 10.3 Å². The lowest BCUT2D eigenvalue weighted by molar-refractivity contribution is -0.272. The van der Waals surface area contributed by atoms with Gasteiger partial charge in [-0.1, -0.05) is 26.8 Å². The summed E-state index contributed by atoms with van der Waals surface area (Å²) in [5, 5.41) is 24.9. The smallest absolute Gasteiger partial charge is 0.419 e. The molecule has 0 saturated heterocycles. The zero-order valence-corrected chi connectivity index (χ0v) is 18.9. The van der Waals surface area contributed by atoms with Crippen molar-refractivity contribution in [3.63, 3.8) is 0 Å². The molecule has 0 fully saturated rings. The largest absolute Gasteiger partial charge is 0.508 e. The number of rotatable bonds is 4. The second-order valence-corrected chi connectivity index (χ2v) is 9.21. The zero-order chi connectivity index (χ0) is 25.0. The fourth-order valence-corrected chi connectivity index (χ4v) is 4.88. The molecular weight excluding hydrogens is 452 g/mol. The number of aromatic amines is 1. The van der Waals surface area contributed by atoms with Gasteiger partial charge in [0.25, 0.3) is 0 Å². The average Bonchev–Trinajstić information content (AvgIpc) is 2.76. The van der Waals surface area contributed by atoms with Crippen LogP contribution in [0.25, 0.3) is 10.9 Å². The number of aromatic hydroxyl groups is 1. The van der Waals surface area contributed by atoms with Crippen molar-refractivity contribution in [2.45, 2.75) is 63.3 Å². The number of anilines is 1. The molecule has 5 nitrogen and oxygen atoms in total. The van der Waals surface area contributed by atoms with Crippen LogP contribution in [0.4, 0.5) is 23.2 Å². The van der Waals surface area contributed by atoms with Gasteiger partial charge < -0.3 is 20.5 Å². The molecule has 1 aliphatic carbocycles. The van der Waals surface area contributed by atoms with Crippen molar-refractivity contribution in [1.82, 2.24) is 4.98 Å². The van der Waals surface area contributed by atoms with Crippen LogP contribution in [0.15, 0.2) is 41.2 Å². The first-order valence-electron chi connectivity index (χ1n) is 11.1. The molecule has 9 heteroatoms. The van der Waals surface area contributed by atoms with Crippen molar-refractivity contribution >= 4 is 16.6 Å². The highest BCUT2D eigenvalue weighted by molar-refractivity contribution is 5.91. The molecule has 0 saturated carbocycles. The number of aliphatic hydroxyl groups is 1. The molecule has 1 aliphatic rings. The van der Waals surface area contributed by atoms with Gasteiger partial charge in [0.05, 0.1) is 11.6 Å². The lowest BCUT2D eigenvalue weighted by atomic mass is 9.68. The number of alkyl halides is 3. The molecule has 3 aromatic rings. The van der Waals surface area contributed by atoms with E-state index < -0.39 is 41.5 Å². The topological polar surface area (TPSA) is 85.4 Å². The van der Waals surface area contributed by atoms with Crippen molar-refractivity contribution in [3.8, 4) is 5.75 Å². The van der Waals surface area contributed by atoms with Crippen LogP contribution in [0.2, 0.25) is 0 Å². The normalized spacial score (nSPS) is 22.7. The Morgan fingerprint density at radius 3 is 2.53 bits per heavy atom. The van der Waals surface area contributed by atoms with Crippen LogP contribution in [0.5, 0.6) is 5.75 Å². The number of benzene rings is 2. The summed E-state index contributed by atoms with van der Waals surface area (Å²) in [5.74, 6) is -1.66. The first kappa shape index (κ1) is 24.1. The fourth-order valence-electron chi connectivity index (χ4n) is 4.88. The standard InChI is InChI=1S/C25H26F4N2O3/c1-4-13-11-24(34,25(27,28)29)23(16-9-14(12(2)3)10-19(32)21(13)16)30-18-7-6-17(26)22-15(18)5-8-20(33)31-22/h5-10,12-13,23,30,32,34H,4,11H2,1-3H3,(H,31,33)/t13-,23-,24+/m0/s1. The number of halogens is 4. The van der Waals surface area contributed by atoms with Crippen molar-refractivity contribution < 1.29 is 27.8 Å². The van der Waals surface area contributed by atoms with Crippen molar-refractivity contribution in [2.24, 2.45) is 0 Å². The SMILES string of the molecule is CC[C@H]1C[C@](O)(C(F)(F)F)[C@@H](Nc2ccc(F)c3[nH]c(=O)ccc23)c2cc(C(C)C)cc(O)c21. The van der Waals surface area contributed by atoms with E-state index in [-0.39, 0.29) is 40.2 Å². The molecule has 0 bridgehead atoms. The van der Waals surface area contributed by atoms with Crippen LogP contribution < -0.4 is 10.9 Å². The van der Waals surface area contributed by atoms with Gasteiger partial charge in [-0.15, -0.1) is 0 Å². The summed E-state index contributed by atoms with van der Waals surface area (Å²) in [6.45, 7) is 5.41. The van der Waals surface area contributed by atoms with E-state index in [4.69, 9.17) is 0 Å². The van der Waals surface area contributed by atoms with Crippen LogP contribution in [0.3, 0.4) is 0 Å². The van der Waals surface area contributed by atoms with Crippen LogP contribution in [-0.4, -0.2) is 27.0 Å². The van der Waals surface area contributed by atoms with E-state index in [9.17, 15) is 32.6 Å². The molecule has 0 spiro atoms. The third kappa shape index (κ3) is 3.81. The molecule has 0 amide bonds. The summed E-state index contributed by atoms with van der Waals surface area (Å²) in [7, 11) is 0. The lowest BCUT2D eigenvalue weighted by Crippen LogP contribution is -2.55. The predicted octanol–water partition coefficient (Wildman–Crippen LogP) is 5.84. The van der Waals surface area contributed by atoms with Crippen LogP contribution >= 0.6 is 0 Å². The van der Waals surface area contributed by atoms with Gasteiger partial charge in [0, 0.05) is 22.7 Å². The molecule has 34 heavy (non-hydrogen) atoms. The number of pyridine rings is 1. The summed E-state index contributed by atoms with van der Waals surface area (Å²) >= 11 is 0. The second-order valence-electron chi connectivity index (χ2n) is 9.21. The Kier molecular flexibility index (Phi) is 5.88.